The van der Waals surface area contributed by atoms with Crippen LogP contribution >= 0.6 is 0 Å². The van der Waals surface area contributed by atoms with E-state index in [2.05, 4.69) is 0 Å². The molecule has 1 saturated heterocycles. The molecule has 0 spiro atoms. The van der Waals surface area contributed by atoms with Gasteiger partial charge in [-0.05, 0) is 0 Å². The van der Waals surface area contributed by atoms with Crippen molar-refractivity contribution in [1.29, 1.82) is 5.26 Å². The number of aliphatic hydroxyl groups excluding tert-OH is 1. The number of rotatable bonds is 1. The van der Waals surface area contributed by atoms with Crippen LogP contribution in [0, 0.1) is 11.5 Å². The maximum atomic E-state index is 10.0. The van der Waals surface area contributed by atoms with Crippen LogP contribution in [0.25, 0.3) is 0 Å². The van der Waals surface area contributed by atoms with Crippen molar-refractivity contribution in [3.8, 4) is 6.19 Å². The molecule has 2 atom stereocenters. The van der Waals surface area contributed by atoms with E-state index in [0.29, 0.717) is 12.8 Å². The third-order valence-electron chi connectivity index (χ3n) is 1.41. The van der Waals surface area contributed by atoms with Crippen molar-refractivity contribution in [2.45, 2.75) is 12.1 Å². The molecule has 1 heterocycles. The lowest BCUT2D eigenvalue weighted by atomic mass is 10.0. The average Bonchev–Trinajstić information content (AvgIpc) is 1.83. The highest BCUT2D eigenvalue weighted by Crippen LogP contribution is 2.13. The Labute approximate surface area is 52.3 Å². The van der Waals surface area contributed by atoms with Crippen molar-refractivity contribution in [2.24, 2.45) is 0 Å². The first-order valence-electron chi connectivity index (χ1n) is 2.59. The molecule has 9 heavy (non-hydrogen) atoms. The highest BCUT2D eigenvalue weighted by Gasteiger charge is 2.36. The van der Waals surface area contributed by atoms with Gasteiger partial charge in [-0.15, -0.1) is 0 Å². The molecule has 0 aromatic carbocycles. The van der Waals surface area contributed by atoms with Crippen LogP contribution in [0.5, 0.6) is 0 Å². The lowest BCUT2D eigenvalue weighted by Crippen LogP contribution is -2.58. The van der Waals surface area contributed by atoms with E-state index in [9.17, 15) is 4.79 Å². The minimum atomic E-state index is -0.637. The van der Waals surface area contributed by atoms with Crippen molar-refractivity contribution in [3.63, 3.8) is 0 Å². The van der Waals surface area contributed by atoms with Crippen LogP contribution in [-0.4, -0.2) is 35.0 Å². The van der Waals surface area contributed by atoms with Gasteiger partial charge < -0.3 is 9.90 Å². The van der Waals surface area contributed by atoms with Crippen LogP contribution in [-0.2, 0) is 4.79 Å². The number of aldehydes is 1. The number of β-amino-alcohol motifs (C(OH)–C–C–N with tert-alkyl or cyclic N) is 1. The largest absolute Gasteiger partial charge is 0.389 e. The van der Waals surface area contributed by atoms with Crippen molar-refractivity contribution in [1.82, 2.24) is 4.90 Å². The van der Waals surface area contributed by atoms with Crippen molar-refractivity contribution in [3.05, 3.63) is 0 Å². The van der Waals surface area contributed by atoms with E-state index in [-0.39, 0.29) is 0 Å². The van der Waals surface area contributed by atoms with Gasteiger partial charge in [0.2, 0.25) is 0 Å². The van der Waals surface area contributed by atoms with Gasteiger partial charge in [0.05, 0.1) is 6.54 Å². The van der Waals surface area contributed by atoms with Gasteiger partial charge in [-0.3, -0.25) is 4.90 Å². The smallest absolute Gasteiger partial charge is 0.180 e. The van der Waals surface area contributed by atoms with Gasteiger partial charge in [-0.25, -0.2) is 0 Å². The van der Waals surface area contributed by atoms with Crippen molar-refractivity contribution < 1.29 is 9.90 Å². The van der Waals surface area contributed by atoms with Gasteiger partial charge in [-0.2, -0.15) is 5.26 Å². The number of nitriles is 1. The van der Waals surface area contributed by atoms with E-state index in [4.69, 9.17) is 10.4 Å². The fourth-order valence-electron chi connectivity index (χ4n) is 0.773. The molecule has 4 heteroatoms. The number of aliphatic hydroxyl groups is 1. The molecule has 0 amide bonds. The van der Waals surface area contributed by atoms with Crippen LogP contribution in [0.1, 0.15) is 0 Å². The summed E-state index contributed by atoms with van der Waals surface area (Å²) >= 11 is 0. The lowest BCUT2D eigenvalue weighted by molar-refractivity contribution is -0.122. The summed E-state index contributed by atoms with van der Waals surface area (Å²) in [4.78, 5) is 11.2. The second-order valence-electron chi connectivity index (χ2n) is 1.95. The summed E-state index contributed by atoms with van der Waals surface area (Å²) in [5.74, 6) is 0. The maximum Gasteiger partial charge on any atom is 0.180 e. The Morgan fingerprint density at radius 1 is 1.89 bits per heavy atom. The number of carbonyl (C=O) groups excluding carboxylic acids is 1. The van der Waals surface area contributed by atoms with E-state index in [1.165, 1.54) is 4.90 Å². The zero-order chi connectivity index (χ0) is 6.85. The Balaban J connectivity index is 2.49. The maximum absolute atomic E-state index is 10.0. The fourth-order valence-corrected chi connectivity index (χ4v) is 0.773. The third kappa shape index (κ3) is 0.752. The molecule has 0 saturated carbocycles. The number of likely N-dealkylation sites (tertiary alicyclic amines) is 1. The quantitative estimate of drug-likeness (QED) is 0.351. The molecule has 1 aliphatic heterocycles. The van der Waals surface area contributed by atoms with E-state index in [1.54, 1.807) is 6.19 Å². The lowest BCUT2D eigenvalue weighted by Gasteiger charge is -2.37. The minimum absolute atomic E-state index is 0.292. The van der Waals surface area contributed by atoms with Crippen LogP contribution in [0.4, 0.5) is 0 Å². The zero-order valence-corrected chi connectivity index (χ0v) is 4.69. The Kier molecular flexibility index (Phi) is 1.37. The van der Waals surface area contributed by atoms with Crippen LogP contribution < -0.4 is 0 Å². The molecule has 0 aromatic heterocycles. The number of hydrogen-bond donors (Lipinski definition) is 1. The molecular weight excluding hydrogens is 120 g/mol. The first kappa shape index (κ1) is 6.05. The highest BCUT2D eigenvalue weighted by molar-refractivity contribution is 5.61. The summed E-state index contributed by atoms with van der Waals surface area (Å²) in [6.45, 7) is 0.292. The first-order valence-corrected chi connectivity index (χ1v) is 2.59. The Morgan fingerprint density at radius 3 is 2.78 bits per heavy atom. The topological polar surface area (TPSA) is 64.3 Å². The molecule has 48 valence electrons. The van der Waals surface area contributed by atoms with E-state index >= 15 is 0 Å². The van der Waals surface area contributed by atoms with Crippen LogP contribution in [0.3, 0.4) is 0 Å². The molecule has 0 radical (unpaired) electrons. The average molecular weight is 126 g/mol. The van der Waals surface area contributed by atoms with Crippen LogP contribution in [0.15, 0.2) is 0 Å². The predicted octanol–water partition coefficient (Wildman–Crippen LogP) is -1.29. The molecule has 1 N–H and O–H groups in total. The number of nitrogens with zero attached hydrogens (tertiary/aromatic N) is 2. The fraction of sp³-hybridized carbons (Fsp3) is 0.600. The normalized spacial score (nSPS) is 32.7. The van der Waals surface area contributed by atoms with Crippen molar-refractivity contribution >= 4 is 6.29 Å². The Morgan fingerprint density at radius 2 is 2.56 bits per heavy atom. The first-order chi connectivity index (χ1) is 4.29. The zero-order valence-electron chi connectivity index (χ0n) is 4.69. The van der Waals surface area contributed by atoms with Gasteiger partial charge in [0.25, 0.3) is 0 Å². The summed E-state index contributed by atoms with van der Waals surface area (Å²) in [5, 5.41) is 17.0. The van der Waals surface area contributed by atoms with E-state index < -0.39 is 12.1 Å². The van der Waals surface area contributed by atoms with Gasteiger partial charge >= 0.3 is 0 Å². The molecule has 4 nitrogen and oxygen atoms in total. The highest BCUT2D eigenvalue weighted by atomic mass is 16.3. The van der Waals surface area contributed by atoms with Gasteiger partial charge in [0, 0.05) is 0 Å². The molecule has 0 aliphatic carbocycles. The molecule has 1 fully saturated rings. The Hall–Kier alpha value is -1.08. The molecule has 1 rings (SSSR count). The van der Waals surface area contributed by atoms with Gasteiger partial charge in [0.15, 0.2) is 6.19 Å². The standard InChI is InChI=1S/C5H6N2O2/c6-3-7-1-5(9)4(7)2-8/h2,4-5,9H,1H2. The summed E-state index contributed by atoms with van der Waals surface area (Å²) in [6, 6.07) is -0.588. The monoisotopic (exact) mass is 126 g/mol. The van der Waals surface area contributed by atoms with Gasteiger partial charge in [-0.1, -0.05) is 0 Å². The second-order valence-corrected chi connectivity index (χ2v) is 1.95. The number of carbonyl (C=O) groups is 1. The summed E-state index contributed by atoms with van der Waals surface area (Å²) < 4.78 is 0. The predicted molar refractivity (Wildman–Crippen MR) is 28.2 cm³/mol. The molecule has 0 aromatic rings. The minimum Gasteiger partial charge on any atom is -0.389 e. The SMILES string of the molecule is N#CN1CC(O)C1C=O. The Bertz CT molecular complexity index is 163. The summed E-state index contributed by atoms with van der Waals surface area (Å²) in [7, 11) is 0. The second kappa shape index (κ2) is 2.03. The van der Waals surface area contributed by atoms with E-state index in [0.717, 1.165) is 0 Å². The molecule has 0 bridgehead atoms. The van der Waals surface area contributed by atoms with Gasteiger partial charge in [0.1, 0.15) is 18.4 Å². The molecule has 1 aliphatic rings. The number of hydrogen-bond acceptors (Lipinski definition) is 4. The van der Waals surface area contributed by atoms with E-state index in [1.807, 2.05) is 0 Å². The third-order valence-corrected chi connectivity index (χ3v) is 1.41. The molecular formula is C5H6N2O2. The summed E-state index contributed by atoms with van der Waals surface area (Å²) in [5.41, 5.74) is 0. The van der Waals surface area contributed by atoms with Crippen LogP contribution in [0.2, 0.25) is 0 Å². The molecule has 2 unspecified atom stereocenters. The summed E-state index contributed by atoms with van der Waals surface area (Å²) in [6.07, 6.45) is 1.72. The van der Waals surface area contributed by atoms with Crippen molar-refractivity contribution in [2.75, 3.05) is 6.54 Å².